The summed E-state index contributed by atoms with van der Waals surface area (Å²) in [7, 11) is 0. The van der Waals surface area contributed by atoms with Crippen LogP contribution in [0.1, 0.15) is 11.1 Å². The van der Waals surface area contributed by atoms with Crippen LogP contribution in [0.2, 0.25) is 0 Å². The molecule has 0 atom stereocenters. The standard InChI is InChI=1S/C13H9FN4/c14-13-10(7-4-8-15-13)12-11(16-18-17-12)9-5-2-1-3-6-9/h1-8H,(H,16,17)/q+1. The van der Waals surface area contributed by atoms with E-state index < -0.39 is 5.95 Å². The summed E-state index contributed by atoms with van der Waals surface area (Å²) in [6, 6.07) is 12.8. The fourth-order valence-corrected chi connectivity index (χ4v) is 1.79. The zero-order chi connectivity index (χ0) is 12.4. The first kappa shape index (κ1) is 10.6. The van der Waals surface area contributed by atoms with Gasteiger partial charge in [-0.05, 0) is 12.1 Å². The molecule has 0 spiro atoms. The van der Waals surface area contributed by atoms with Gasteiger partial charge in [0, 0.05) is 11.8 Å². The van der Waals surface area contributed by atoms with Gasteiger partial charge in [0.25, 0.3) is 0 Å². The largest absolute Gasteiger partial charge is 0.331 e. The van der Waals surface area contributed by atoms with Crippen molar-refractivity contribution in [3.05, 3.63) is 65.7 Å². The van der Waals surface area contributed by atoms with Gasteiger partial charge in [-0.2, -0.15) is 4.39 Å². The van der Waals surface area contributed by atoms with Crippen LogP contribution in [0.3, 0.4) is 0 Å². The zero-order valence-corrected chi connectivity index (χ0v) is 9.34. The van der Waals surface area contributed by atoms with Gasteiger partial charge in [0.15, 0.2) is 11.4 Å². The highest BCUT2D eigenvalue weighted by Crippen LogP contribution is 2.28. The highest BCUT2D eigenvalue weighted by Gasteiger charge is 2.26. The fraction of sp³-hybridized carbons (Fsp3) is 0. The molecule has 0 amide bonds. The van der Waals surface area contributed by atoms with Gasteiger partial charge in [0.2, 0.25) is 5.95 Å². The minimum atomic E-state index is -0.541. The lowest BCUT2D eigenvalue weighted by Gasteiger charge is -2.01. The fourth-order valence-electron chi connectivity index (χ4n) is 1.79. The molecule has 0 saturated heterocycles. The van der Waals surface area contributed by atoms with Crippen LogP contribution >= 0.6 is 0 Å². The number of pyridine rings is 1. The van der Waals surface area contributed by atoms with Crippen LogP contribution in [-0.4, -0.2) is 4.98 Å². The molecule has 0 fully saturated rings. The molecule has 1 aliphatic rings. The van der Waals surface area contributed by atoms with Gasteiger partial charge in [-0.25, -0.2) is 4.98 Å². The third kappa shape index (κ3) is 1.75. The number of benzene rings is 1. The number of aromatic nitrogens is 1. The van der Waals surface area contributed by atoms with Crippen molar-refractivity contribution < 1.29 is 4.39 Å². The Labute approximate surface area is 103 Å². The van der Waals surface area contributed by atoms with E-state index in [1.807, 2.05) is 30.3 Å². The summed E-state index contributed by atoms with van der Waals surface area (Å²) in [5, 5.41) is 7.75. The summed E-state index contributed by atoms with van der Waals surface area (Å²) >= 11 is 0. The molecular formula is C13H9FN4+. The zero-order valence-electron chi connectivity index (χ0n) is 9.34. The van der Waals surface area contributed by atoms with Gasteiger partial charge in [0.05, 0.1) is 5.56 Å². The number of nitrogens with one attached hydrogen (secondary N) is 1. The predicted octanol–water partition coefficient (Wildman–Crippen LogP) is 2.35. The maximum Gasteiger partial charge on any atom is 0.331 e. The third-order valence-electron chi connectivity index (χ3n) is 2.62. The topological polar surface area (TPSA) is 51.4 Å². The Kier molecular flexibility index (Phi) is 2.57. The van der Waals surface area contributed by atoms with Crippen molar-refractivity contribution in [2.24, 2.45) is 5.11 Å². The van der Waals surface area contributed by atoms with Crippen LogP contribution in [0, 0.1) is 5.95 Å². The quantitative estimate of drug-likeness (QED) is 0.819. The van der Waals surface area contributed by atoms with Gasteiger partial charge in [0.1, 0.15) is 5.11 Å². The molecule has 1 aromatic heterocycles. The van der Waals surface area contributed by atoms with Gasteiger partial charge in [-0.15, -0.1) is 0 Å². The SMILES string of the molecule is Fc1ncccc1C1=C(c2ccccc2)N=[N+]N1. The summed E-state index contributed by atoms with van der Waals surface area (Å²) < 4.78 is 13.7. The van der Waals surface area contributed by atoms with E-state index in [1.54, 1.807) is 12.1 Å². The lowest BCUT2D eigenvalue weighted by atomic mass is 10.1. The molecule has 2 aromatic rings. The van der Waals surface area contributed by atoms with Crippen molar-refractivity contribution >= 4 is 11.4 Å². The average molecular weight is 240 g/mol. The minimum absolute atomic E-state index is 0.362. The molecule has 5 heteroatoms. The van der Waals surface area contributed by atoms with E-state index in [1.165, 1.54) is 6.20 Å². The molecule has 18 heavy (non-hydrogen) atoms. The van der Waals surface area contributed by atoms with Gasteiger partial charge >= 0.3 is 5.22 Å². The molecule has 1 radical (unpaired) electrons. The summed E-state index contributed by atoms with van der Waals surface area (Å²) in [6.45, 7) is 0. The van der Waals surface area contributed by atoms with Crippen LogP contribution in [0.4, 0.5) is 4.39 Å². The first-order chi connectivity index (χ1) is 8.86. The van der Waals surface area contributed by atoms with Crippen molar-refractivity contribution in [2.45, 2.75) is 0 Å². The molecule has 87 valence electrons. The minimum Gasteiger partial charge on any atom is -0.228 e. The Balaban J connectivity index is 2.14. The Morgan fingerprint density at radius 2 is 1.89 bits per heavy atom. The molecule has 1 N–H and O–H groups in total. The van der Waals surface area contributed by atoms with E-state index in [2.05, 4.69) is 20.7 Å². The van der Waals surface area contributed by atoms with Crippen LogP contribution in [0.15, 0.2) is 53.8 Å². The van der Waals surface area contributed by atoms with E-state index in [0.29, 0.717) is 17.0 Å². The van der Waals surface area contributed by atoms with E-state index in [-0.39, 0.29) is 0 Å². The number of rotatable bonds is 2. The monoisotopic (exact) mass is 240 g/mol. The molecule has 2 heterocycles. The third-order valence-corrected chi connectivity index (χ3v) is 2.62. The normalized spacial score (nSPS) is 13.8. The van der Waals surface area contributed by atoms with E-state index in [9.17, 15) is 4.39 Å². The molecule has 3 rings (SSSR count). The van der Waals surface area contributed by atoms with Crippen molar-refractivity contribution in [1.82, 2.24) is 15.6 Å². The molecule has 4 nitrogen and oxygen atoms in total. The van der Waals surface area contributed by atoms with Gasteiger partial charge in [-0.3, -0.25) is 0 Å². The Morgan fingerprint density at radius 1 is 1.06 bits per heavy atom. The van der Waals surface area contributed by atoms with Crippen molar-refractivity contribution in [3.8, 4) is 0 Å². The Bertz CT molecular complexity index is 634. The lowest BCUT2D eigenvalue weighted by Crippen LogP contribution is -2.10. The van der Waals surface area contributed by atoms with Crippen molar-refractivity contribution in [3.63, 3.8) is 0 Å². The maximum atomic E-state index is 13.7. The lowest BCUT2D eigenvalue weighted by molar-refractivity contribution is 0.578. The summed E-state index contributed by atoms with van der Waals surface area (Å²) in [5.41, 5.74) is 5.11. The van der Waals surface area contributed by atoms with Gasteiger partial charge < -0.3 is 0 Å². The molecule has 1 aromatic carbocycles. The Hall–Kier alpha value is -2.56. The maximum absolute atomic E-state index is 13.7. The molecule has 1 aliphatic heterocycles. The van der Waals surface area contributed by atoms with E-state index in [0.717, 1.165) is 5.56 Å². The van der Waals surface area contributed by atoms with Crippen LogP contribution in [0.25, 0.3) is 11.4 Å². The molecule has 0 aliphatic carbocycles. The summed E-state index contributed by atoms with van der Waals surface area (Å²) in [6.07, 6.45) is 1.41. The van der Waals surface area contributed by atoms with Crippen molar-refractivity contribution in [2.75, 3.05) is 0 Å². The highest BCUT2D eigenvalue weighted by molar-refractivity contribution is 5.89. The molecule has 0 bridgehead atoms. The van der Waals surface area contributed by atoms with Crippen LogP contribution in [0.5, 0.6) is 0 Å². The molecule has 0 unspecified atom stereocenters. The number of nitrogens with zero attached hydrogens (tertiary/aromatic N) is 3. The molecule has 0 saturated carbocycles. The predicted molar refractivity (Wildman–Crippen MR) is 65.1 cm³/mol. The summed E-state index contributed by atoms with van der Waals surface area (Å²) in [5.74, 6) is -0.541. The van der Waals surface area contributed by atoms with E-state index in [4.69, 9.17) is 0 Å². The van der Waals surface area contributed by atoms with Gasteiger partial charge in [-0.1, -0.05) is 35.8 Å². The smallest absolute Gasteiger partial charge is 0.228 e. The second kappa shape index (κ2) is 4.37. The van der Waals surface area contributed by atoms with Crippen LogP contribution in [-0.2, 0) is 0 Å². The van der Waals surface area contributed by atoms with Crippen molar-refractivity contribution in [1.29, 1.82) is 0 Å². The Morgan fingerprint density at radius 3 is 2.67 bits per heavy atom. The van der Waals surface area contributed by atoms with E-state index >= 15 is 0 Å². The highest BCUT2D eigenvalue weighted by atomic mass is 19.1. The first-order valence-electron chi connectivity index (χ1n) is 5.43. The second-order valence-corrected chi connectivity index (χ2v) is 3.74. The average Bonchev–Trinajstić information content (AvgIpc) is 2.89. The second-order valence-electron chi connectivity index (χ2n) is 3.74. The number of hydrogen-bond donors (Lipinski definition) is 1. The number of halogens is 1. The summed E-state index contributed by atoms with van der Waals surface area (Å²) in [4.78, 5) is 3.63. The molecular weight excluding hydrogens is 231 g/mol. The van der Waals surface area contributed by atoms with Crippen LogP contribution < -0.4 is 10.6 Å². The number of hydrogen-bond acceptors (Lipinski definition) is 4. The first-order valence-corrected chi connectivity index (χ1v) is 5.43.